The van der Waals surface area contributed by atoms with E-state index in [2.05, 4.69) is 21.2 Å². The Kier molecular flexibility index (Phi) is 3.27. The average Bonchev–Trinajstić information content (AvgIpc) is 2.02. The minimum absolute atomic E-state index is 0.0891. The minimum Gasteiger partial charge on any atom is -0.355 e. The molecule has 0 aliphatic heterocycles. The second-order valence-electron chi connectivity index (χ2n) is 2.32. The molecule has 1 amide bonds. The van der Waals surface area contributed by atoms with Crippen LogP contribution in [0.2, 0.25) is 5.02 Å². The Labute approximate surface area is 88.2 Å². The van der Waals surface area contributed by atoms with Crippen molar-refractivity contribution in [3.05, 3.63) is 33.0 Å². The molecule has 0 atom stereocenters. The first kappa shape index (κ1) is 10.5. The summed E-state index contributed by atoms with van der Waals surface area (Å²) >= 11 is 8.74. The third-order valence-electron chi connectivity index (χ3n) is 1.46. The molecule has 0 saturated carbocycles. The van der Waals surface area contributed by atoms with Crippen LogP contribution in [0.25, 0.3) is 0 Å². The van der Waals surface area contributed by atoms with E-state index < -0.39 is 11.7 Å². The third kappa shape index (κ3) is 2.19. The molecule has 1 aromatic carbocycles. The summed E-state index contributed by atoms with van der Waals surface area (Å²) in [5.74, 6) is -1.17. The first-order valence-corrected chi connectivity index (χ1v) is 4.60. The van der Waals surface area contributed by atoms with Crippen LogP contribution in [0, 0.1) is 5.82 Å². The van der Waals surface area contributed by atoms with Gasteiger partial charge in [0.25, 0.3) is 5.91 Å². The van der Waals surface area contributed by atoms with E-state index in [9.17, 15) is 9.18 Å². The van der Waals surface area contributed by atoms with Crippen molar-refractivity contribution in [2.24, 2.45) is 0 Å². The Bertz CT molecular complexity index is 333. The predicted octanol–water partition coefficient (Wildman–Crippen LogP) is 2.60. The van der Waals surface area contributed by atoms with Crippen molar-refractivity contribution >= 4 is 33.4 Å². The largest absolute Gasteiger partial charge is 0.355 e. The molecule has 0 saturated heterocycles. The zero-order valence-electron chi connectivity index (χ0n) is 6.70. The zero-order chi connectivity index (χ0) is 10.0. The molecule has 0 spiro atoms. The van der Waals surface area contributed by atoms with Crippen molar-refractivity contribution in [1.29, 1.82) is 0 Å². The van der Waals surface area contributed by atoms with Crippen LogP contribution in [0.15, 0.2) is 16.6 Å². The van der Waals surface area contributed by atoms with Crippen LogP contribution in [-0.2, 0) is 0 Å². The van der Waals surface area contributed by atoms with Crippen LogP contribution < -0.4 is 5.32 Å². The Morgan fingerprint density at radius 3 is 2.69 bits per heavy atom. The van der Waals surface area contributed by atoms with E-state index in [1.807, 2.05) is 0 Å². The quantitative estimate of drug-likeness (QED) is 0.832. The fourth-order valence-corrected chi connectivity index (χ4v) is 1.74. The lowest BCUT2D eigenvalue weighted by Gasteiger charge is -2.04. The Hall–Kier alpha value is -0.610. The van der Waals surface area contributed by atoms with E-state index in [0.29, 0.717) is 4.47 Å². The van der Waals surface area contributed by atoms with Crippen LogP contribution in [0.5, 0.6) is 0 Å². The normalized spacial score (nSPS) is 9.85. The van der Waals surface area contributed by atoms with E-state index in [-0.39, 0.29) is 10.6 Å². The maximum absolute atomic E-state index is 13.2. The molecule has 0 aliphatic rings. The van der Waals surface area contributed by atoms with Gasteiger partial charge < -0.3 is 5.32 Å². The summed E-state index contributed by atoms with van der Waals surface area (Å²) in [7, 11) is 1.42. The third-order valence-corrected chi connectivity index (χ3v) is 2.22. The lowest BCUT2D eigenvalue weighted by Crippen LogP contribution is -2.19. The number of amides is 1. The molecular weight excluding hydrogens is 260 g/mol. The number of hydrogen-bond acceptors (Lipinski definition) is 1. The molecule has 0 bridgehead atoms. The van der Waals surface area contributed by atoms with Gasteiger partial charge in [0.1, 0.15) is 5.82 Å². The van der Waals surface area contributed by atoms with E-state index in [1.54, 1.807) is 0 Å². The van der Waals surface area contributed by atoms with Gasteiger partial charge in [-0.1, -0.05) is 27.5 Å². The number of benzene rings is 1. The van der Waals surface area contributed by atoms with Crippen molar-refractivity contribution in [3.8, 4) is 0 Å². The molecular formula is C8H6BrClFNO. The highest BCUT2D eigenvalue weighted by Crippen LogP contribution is 2.24. The minimum atomic E-state index is -0.640. The molecule has 5 heteroatoms. The molecule has 0 heterocycles. The molecule has 70 valence electrons. The topological polar surface area (TPSA) is 29.1 Å². The molecule has 0 aliphatic carbocycles. The molecule has 1 aromatic rings. The number of halogens is 3. The summed E-state index contributed by atoms with van der Waals surface area (Å²) < 4.78 is 13.7. The van der Waals surface area contributed by atoms with Crippen LogP contribution in [0.4, 0.5) is 4.39 Å². The van der Waals surface area contributed by atoms with Crippen LogP contribution in [0.1, 0.15) is 10.4 Å². The smallest absolute Gasteiger partial charge is 0.255 e. The van der Waals surface area contributed by atoms with Gasteiger partial charge in [0.2, 0.25) is 0 Å². The highest BCUT2D eigenvalue weighted by atomic mass is 79.9. The lowest BCUT2D eigenvalue weighted by atomic mass is 10.2. The van der Waals surface area contributed by atoms with Gasteiger partial charge in [0.15, 0.2) is 0 Å². The van der Waals surface area contributed by atoms with Crippen molar-refractivity contribution in [2.75, 3.05) is 7.05 Å². The van der Waals surface area contributed by atoms with Crippen LogP contribution >= 0.6 is 27.5 Å². The van der Waals surface area contributed by atoms with Gasteiger partial charge in [0, 0.05) is 11.5 Å². The van der Waals surface area contributed by atoms with Crippen molar-refractivity contribution < 1.29 is 9.18 Å². The van der Waals surface area contributed by atoms with Gasteiger partial charge in [-0.05, 0) is 12.1 Å². The van der Waals surface area contributed by atoms with E-state index in [1.165, 1.54) is 19.2 Å². The van der Waals surface area contributed by atoms with Crippen molar-refractivity contribution in [2.45, 2.75) is 0 Å². The van der Waals surface area contributed by atoms with Crippen molar-refractivity contribution in [3.63, 3.8) is 0 Å². The first-order chi connectivity index (χ1) is 6.06. The summed E-state index contributed by atoms with van der Waals surface area (Å²) in [6.45, 7) is 0. The summed E-state index contributed by atoms with van der Waals surface area (Å²) in [6, 6.07) is 2.66. The molecule has 2 nitrogen and oxygen atoms in total. The number of nitrogens with one attached hydrogen (secondary N) is 1. The fourth-order valence-electron chi connectivity index (χ4n) is 0.884. The number of carbonyl (C=O) groups is 1. The van der Waals surface area contributed by atoms with Crippen LogP contribution in [0.3, 0.4) is 0 Å². The number of hydrogen-bond donors (Lipinski definition) is 1. The molecule has 13 heavy (non-hydrogen) atoms. The van der Waals surface area contributed by atoms with Crippen molar-refractivity contribution in [1.82, 2.24) is 5.32 Å². The van der Waals surface area contributed by atoms with E-state index in [4.69, 9.17) is 11.6 Å². The molecule has 1 N–H and O–H groups in total. The monoisotopic (exact) mass is 265 g/mol. The summed E-state index contributed by atoms with van der Waals surface area (Å²) in [4.78, 5) is 11.1. The van der Waals surface area contributed by atoms with Gasteiger partial charge in [0.05, 0.1) is 10.6 Å². The molecule has 0 aromatic heterocycles. The van der Waals surface area contributed by atoms with Gasteiger partial charge in [-0.2, -0.15) is 0 Å². The number of carbonyl (C=O) groups excluding carboxylic acids is 1. The van der Waals surface area contributed by atoms with Gasteiger partial charge in [-0.3, -0.25) is 4.79 Å². The maximum atomic E-state index is 13.2. The molecule has 1 rings (SSSR count). The second-order valence-corrected chi connectivity index (χ2v) is 3.65. The number of rotatable bonds is 1. The van der Waals surface area contributed by atoms with Gasteiger partial charge in [-0.15, -0.1) is 0 Å². The summed E-state index contributed by atoms with van der Waals surface area (Å²) in [6.07, 6.45) is 0. The molecule has 0 unspecified atom stereocenters. The SMILES string of the molecule is CNC(=O)c1c(F)cc(Br)cc1Cl. The summed E-state index contributed by atoms with van der Waals surface area (Å²) in [5, 5.41) is 2.39. The summed E-state index contributed by atoms with van der Waals surface area (Å²) in [5.41, 5.74) is -0.132. The Morgan fingerprint density at radius 2 is 2.23 bits per heavy atom. The van der Waals surface area contributed by atoms with Gasteiger partial charge >= 0.3 is 0 Å². The maximum Gasteiger partial charge on any atom is 0.255 e. The highest BCUT2D eigenvalue weighted by Gasteiger charge is 2.15. The predicted molar refractivity (Wildman–Crippen MR) is 52.5 cm³/mol. The second kappa shape index (κ2) is 4.07. The highest BCUT2D eigenvalue weighted by molar-refractivity contribution is 9.10. The average molecular weight is 266 g/mol. The lowest BCUT2D eigenvalue weighted by molar-refractivity contribution is 0.0959. The van der Waals surface area contributed by atoms with E-state index >= 15 is 0 Å². The fraction of sp³-hybridized carbons (Fsp3) is 0.125. The van der Waals surface area contributed by atoms with Gasteiger partial charge in [-0.25, -0.2) is 4.39 Å². The molecule has 0 radical (unpaired) electrons. The zero-order valence-corrected chi connectivity index (χ0v) is 9.04. The van der Waals surface area contributed by atoms with Crippen LogP contribution in [-0.4, -0.2) is 13.0 Å². The standard InChI is InChI=1S/C8H6BrClFNO/c1-12-8(13)7-5(10)2-4(9)3-6(7)11/h2-3H,1H3,(H,12,13). The Morgan fingerprint density at radius 1 is 1.62 bits per heavy atom. The molecule has 0 fully saturated rings. The van der Waals surface area contributed by atoms with E-state index in [0.717, 1.165) is 0 Å². The first-order valence-electron chi connectivity index (χ1n) is 3.43. The Balaban J connectivity index is 3.28.